The highest BCUT2D eigenvalue weighted by molar-refractivity contribution is 5.46. The van der Waals surface area contributed by atoms with Crippen molar-refractivity contribution < 1.29 is 9.47 Å². The van der Waals surface area contributed by atoms with Crippen molar-refractivity contribution in [2.75, 3.05) is 13.7 Å². The number of rotatable bonds is 8. The lowest BCUT2D eigenvalue weighted by Gasteiger charge is -2.16. The molecule has 0 fully saturated rings. The van der Waals surface area contributed by atoms with Crippen LogP contribution in [0.2, 0.25) is 0 Å². The molecule has 0 amide bonds. The van der Waals surface area contributed by atoms with Crippen LogP contribution in [-0.2, 0) is 6.54 Å². The van der Waals surface area contributed by atoms with Gasteiger partial charge in [0.25, 0.3) is 0 Å². The molecule has 100 valence electrons. The molecule has 1 atom stereocenters. The van der Waals surface area contributed by atoms with E-state index in [1.54, 1.807) is 13.2 Å². The second kappa shape index (κ2) is 7.77. The van der Waals surface area contributed by atoms with Crippen LogP contribution in [0.3, 0.4) is 0 Å². The molecule has 0 radical (unpaired) electrons. The number of hydrogen-bond acceptors (Lipinski definition) is 3. The third kappa shape index (κ3) is 4.08. The van der Waals surface area contributed by atoms with Gasteiger partial charge in [0, 0.05) is 18.2 Å². The average Bonchev–Trinajstić information content (AvgIpc) is 2.42. The lowest BCUT2D eigenvalue weighted by atomic mass is 10.1. The zero-order chi connectivity index (χ0) is 13.4. The van der Waals surface area contributed by atoms with Gasteiger partial charge in [-0.3, -0.25) is 0 Å². The average molecular weight is 249 g/mol. The fourth-order valence-corrected chi connectivity index (χ4v) is 1.60. The normalized spacial score (nSPS) is 11.9. The van der Waals surface area contributed by atoms with Crippen LogP contribution < -0.4 is 14.8 Å². The lowest BCUT2D eigenvalue weighted by molar-refractivity contribution is 0.321. The minimum Gasteiger partial charge on any atom is -0.493 e. The number of hydrogen-bond donors (Lipinski definition) is 1. The molecule has 3 nitrogen and oxygen atoms in total. The van der Waals surface area contributed by atoms with Crippen LogP contribution in [0.4, 0.5) is 0 Å². The highest BCUT2D eigenvalue weighted by Crippen LogP contribution is 2.31. The summed E-state index contributed by atoms with van der Waals surface area (Å²) < 4.78 is 11.0. The van der Waals surface area contributed by atoms with E-state index in [2.05, 4.69) is 31.8 Å². The smallest absolute Gasteiger partial charge is 0.166 e. The summed E-state index contributed by atoms with van der Waals surface area (Å²) in [5.41, 5.74) is 1.11. The number of methoxy groups -OCH3 is 1. The molecule has 0 saturated carbocycles. The van der Waals surface area contributed by atoms with Gasteiger partial charge in [0.2, 0.25) is 0 Å². The van der Waals surface area contributed by atoms with Crippen molar-refractivity contribution in [2.24, 2.45) is 0 Å². The maximum absolute atomic E-state index is 5.69. The Bertz CT molecular complexity index is 377. The van der Waals surface area contributed by atoms with Gasteiger partial charge in [0.05, 0.1) is 7.11 Å². The SMILES string of the molecule is C=CCOc1c(CN[C@H](C)CC)cccc1OC. The Morgan fingerprint density at radius 2 is 2.22 bits per heavy atom. The van der Waals surface area contributed by atoms with E-state index >= 15 is 0 Å². The number of benzene rings is 1. The molecule has 0 aliphatic carbocycles. The molecule has 1 aromatic carbocycles. The monoisotopic (exact) mass is 249 g/mol. The third-order valence-corrected chi connectivity index (χ3v) is 2.88. The van der Waals surface area contributed by atoms with Crippen LogP contribution in [-0.4, -0.2) is 19.8 Å². The van der Waals surface area contributed by atoms with Crippen LogP contribution in [0, 0.1) is 0 Å². The Hall–Kier alpha value is -1.48. The number of para-hydroxylation sites is 1. The molecule has 0 bridgehead atoms. The Labute approximate surface area is 110 Å². The summed E-state index contributed by atoms with van der Waals surface area (Å²) >= 11 is 0. The Kier molecular flexibility index (Phi) is 6.29. The predicted octanol–water partition coefficient (Wildman–Crippen LogP) is 3.15. The maximum atomic E-state index is 5.69. The van der Waals surface area contributed by atoms with Crippen LogP contribution in [0.5, 0.6) is 11.5 Å². The van der Waals surface area contributed by atoms with Gasteiger partial charge >= 0.3 is 0 Å². The molecule has 1 rings (SSSR count). The minimum absolute atomic E-state index is 0.483. The Morgan fingerprint density at radius 3 is 2.83 bits per heavy atom. The van der Waals surface area contributed by atoms with Crippen molar-refractivity contribution in [1.82, 2.24) is 5.32 Å². The van der Waals surface area contributed by atoms with Gasteiger partial charge in [0.15, 0.2) is 11.5 Å². The number of ether oxygens (including phenoxy) is 2. The van der Waals surface area contributed by atoms with Crippen molar-refractivity contribution in [3.63, 3.8) is 0 Å². The summed E-state index contributed by atoms with van der Waals surface area (Å²) in [6, 6.07) is 6.43. The van der Waals surface area contributed by atoms with Crippen molar-refractivity contribution in [3.8, 4) is 11.5 Å². The zero-order valence-corrected chi connectivity index (χ0v) is 11.5. The Morgan fingerprint density at radius 1 is 1.44 bits per heavy atom. The molecule has 1 aromatic rings. The van der Waals surface area contributed by atoms with E-state index < -0.39 is 0 Å². The van der Waals surface area contributed by atoms with E-state index in [1.807, 2.05) is 12.1 Å². The quantitative estimate of drug-likeness (QED) is 0.718. The van der Waals surface area contributed by atoms with E-state index in [-0.39, 0.29) is 0 Å². The topological polar surface area (TPSA) is 30.5 Å². The summed E-state index contributed by atoms with van der Waals surface area (Å²) in [6.07, 6.45) is 2.84. The molecular formula is C15H23NO2. The van der Waals surface area contributed by atoms with Gasteiger partial charge in [-0.25, -0.2) is 0 Å². The summed E-state index contributed by atoms with van der Waals surface area (Å²) in [6.45, 7) is 9.26. The molecule has 0 aromatic heterocycles. The number of nitrogens with one attached hydrogen (secondary N) is 1. The van der Waals surface area contributed by atoms with E-state index in [4.69, 9.17) is 9.47 Å². The summed E-state index contributed by atoms with van der Waals surface area (Å²) in [4.78, 5) is 0. The molecular weight excluding hydrogens is 226 g/mol. The van der Waals surface area contributed by atoms with Crippen LogP contribution in [0.15, 0.2) is 30.9 Å². The fourth-order valence-electron chi connectivity index (χ4n) is 1.60. The minimum atomic E-state index is 0.483. The summed E-state index contributed by atoms with van der Waals surface area (Å²) in [7, 11) is 1.65. The van der Waals surface area contributed by atoms with Crippen molar-refractivity contribution in [1.29, 1.82) is 0 Å². The molecule has 3 heteroatoms. The van der Waals surface area contributed by atoms with Crippen molar-refractivity contribution in [2.45, 2.75) is 32.9 Å². The largest absolute Gasteiger partial charge is 0.493 e. The highest BCUT2D eigenvalue weighted by atomic mass is 16.5. The van der Waals surface area contributed by atoms with Crippen LogP contribution in [0.1, 0.15) is 25.8 Å². The van der Waals surface area contributed by atoms with Gasteiger partial charge in [0.1, 0.15) is 6.61 Å². The lowest BCUT2D eigenvalue weighted by Crippen LogP contribution is -2.24. The molecule has 0 aliphatic rings. The molecule has 0 aliphatic heterocycles. The zero-order valence-electron chi connectivity index (χ0n) is 11.5. The predicted molar refractivity (Wildman–Crippen MR) is 75.3 cm³/mol. The van der Waals surface area contributed by atoms with E-state index in [0.29, 0.717) is 12.6 Å². The first-order chi connectivity index (χ1) is 8.72. The fraction of sp³-hybridized carbons (Fsp3) is 0.467. The van der Waals surface area contributed by atoms with E-state index in [1.165, 1.54) is 0 Å². The van der Waals surface area contributed by atoms with Gasteiger partial charge < -0.3 is 14.8 Å². The second-order valence-electron chi connectivity index (χ2n) is 4.24. The van der Waals surface area contributed by atoms with E-state index in [9.17, 15) is 0 Å². The second-order valence-corrected chi connectivity index (χ2v) is 4.24. The molecule has 0 saturated heterocycles. The van der Waals surface area contributed by atoms with Crippen molar-refractivity contribution >= 4 is 0 Å². The van der Waals surface area contributed by atoms with Crippen LogP contribution in [0.25, 0.3) is 0 Å². The standard InChI is InChI=1S/C15H23NO2/c1-5-10-18-15-13(11-16-12(3)6-2)8-7-9-14(15)17-4/h5,7-9,12,16H,1,6,10-11H2,2-4H3/t12-/m1/s1. The summed E-state index contributed by atoms with van der Waals surface area (Å²) in [5.74, 6) is 1.57. The molecule has 1 N–H and O–H groups in total. The third-order valence-electron chi connectivity index (χ3n) is 2.88. The first-order valence-electron chi connectivity index (χ1n) is 6.35. The first kappa shape index (κ1) is 14.6. The molecule has 18 heavy (non-hydrogen) atoms. The highest BCUT2D eigenvalue weighted by Gasteiger charge is 2.10. The summed E-state index contributed by atoms with van der Waals surface area (Å²) in [5, 5.41) is 3.46. The van der Waals surface area contributed by atoms with E-state index in [0.717, 1.165) is 30.0 Å². The molecule has 0 heterocycles. The Balaban J connectivity index is 2.83. The van der Waals surface area contributed by atoms with Gasteiger partial charge in [-0.15, -0.1) is 0 Å². The van der Waals surface area contributed by atoms with Gasteiger partial charge in [-0.1, -0.05) is 31.7 Å². The van der Waals surface area contributed by atoms with Crippen LogP contribution >= 0.6 is 0 Å². The molecule has 0 spiro atoms. The van der Waals surface area contributed by atoms with Crippen molar-refractivity contribution in [3.05, 3.63) is 36.4 Å². The first-order valence-corrected chi connectivity index (χ1v) is 6.35. The van der Waals surface area contributed by atoms with Gasteiger partial charge in [-0.05, 0) is 19.4 Å². The maximum Gasteiger partial charge on any atom is 0.166 e. The molecule has 0 unspecified atom stereocenters. The van der Waals surface area contributed by atoms with Gasteiger partial charge in [-0.2, -0.15) is 0 Å².